The average molecular weight is 650 g/mol. The summed E-state index contributed by atoms with van der Waals surface area (Å²) in [6, 6.07) is 12.2. The molecule has 0 aliphatic carbocycles. The summed E-state index contributed by atoms with van der Waals surface area (Å²) in [6.45, 7) is 14.5. The first-order valence-electron chi connectivity index (χ1n) is 16.2. The van der Waals surface area contributed by atoms with E-state index in [0.29, 0.717) is 12.2 Å². The molecule has 0 radical (unpaired) electrons. The second kappa shape index (κ2) is 20.7. The molecule has 252 valence electrons. The monoisotopic (exact) mass is 649 g/mol. The molecule has 1 fully saturated rings. The van der Waals surface area contributed by atoms with Gasteiger partial charge < -0.3 is 20.1 Å². The van der Waals surface area contributed by atoms with Gasteiger partial charge in [-0.2, -0.15) is 16.9 Å². The number of aliphatic imine (C=N–C) groups is 1. The molecule has 4 rings (SSSR count). The van der Waals surface area contributed by atoms with Crippen LogP contribution in [0.15, 0.2) is 80.7 Å². The Morgan fingerprint density at radius 1 is 1.15 bits per heavy atom. The highest BCUT2D eigenvalue weighted by atomic mass is 32.2. The Morgan fingerprint density at radius 2 is 1.87 bits per heavy atom. The minimum Gasteiger partial charge on any atom is -0.400 e. The van der Waals surface area contributed by atoms with Crippen molar-refractivity contribution in [1.82, 2.24) is 14.9 Å². The van der Waals surface area contributed by atoms with E-state index in [2.05, 4.69) is 61.2 Å². The maximum absolute atomic E-state index is 7.00. The van der Waals surface area contributed by atoms with E-state index in [1.165, 1.54) is 24.0 Å². The average Bonchev–Trinajstić information content (AvgIpc) is 3.80. The molecule has 3 aromatic rings. The summed E-state index contributed by atoms with van der Waals surface area (Å²) >= 11 is 1.91. The van der Waals surface area contributed by atoms with Gasteiger partial charge in [0.05, 0.1) is 23.6 Å². The largest absolute Gasteiger partial charge is 0.400 e. The maximum Gasteiger partial charge on any atom is 0.171 e. The zero-order chi connectivity index (χ0) is 34.1. The van der Waals surface area contributed by atoms with Crippen molar-refractivity contribution >= 4 is 23.5 Å². The quantitative estimate of drug-likeness (QED) is 0.149. The van der Waals surface area contributed by atoms with Gasteiger partial charge in [-0.25, -0.2) is 0 Å². The first kappa shape index (κ1) is 38.8. The standard InChI is InChI=1S/C19H30N4.C17H21NO2S.CH4O/c1-7-10-11-16(17-12-13-22-23(17)6)18(15(5)21-9-3)19(20)14(4)8-2;1-12-8-9-15(19-12)10-21-11-16-13(2)18-20-17(16)14-6-4-3-5-7-14;1-2/h9,11-13H,7-8,10,20H2,1-6H3;3-7,12,15H,8-11H2,1-2H3;2H,1H3/b16-11-,18-15-,19-14-,21-9?;;. The number of allylic oxidation sites excluding steroid dienone is 4. The number of nitrogens with two attached hydrogens (primary N) is 1. The lowest BCUT2D eigenvalue weighted by atomic mass is 9.93. The Balaban J connectivity index is 0.000000304. The van der Waals surface area contributed by atoms with Gasteiger partial charge in [-0.1, -0.05) is 61.8 Å². The van der Waals surface area contributed by atoms with E-state index in [1.807, 2.05) is 80.9 Å². The molecule has 8 nitrogen and oxygen atoms in total. The van der Waals surface area contributed by atoms with Gasteiger partial charge in [0.15, 0.2) is 5.76 Å². The van der Waals surface area contributed by atoms with Crippen LogP contribution in [-0.2, 0) is 17.5 Å². The summed E-state index contributed by atoms with van der Waals surface area (Å²) in [4.78, 5) is 4.50. The van der Waals surface area contributed by atoms with Crippen molar-refractivity contribution in [3.05, 3.63) is 88.2 Å². The fourth-order valence-corrected chi connectivity index (χ4v) is 6.30. The first-order valence-corrected chi connectivity index (χ1v) is 17.4. The molecule has 1 aliphatic rings. The van der Waals surface area contributed by atoms with Crippen LogP contribution in [0.5, 0.6) is 0 Å². The van der Waals surface area contributed by atoms with E-state index in [9.17, 15) is 0 Å². The molecule has 2 atom stereocenters. The van der Waals surface area contributed by atoms with Crippen LogP contribution in [0, 0.1) is 6.92 Å². The molecule has 0 bridgehead atoms. The van der Waals surface area contributed by atoms with Gasteiger partial charge >= 0.3 is 0 Å². The summed E-state index contributed by atoms with van der Waals surface area (Å²) < 4.78 is 13.3. The zero-order valence-corrected chi connectivity index (χ0v) is 30.2. The van der Waals surface area contributed by atoms with E-state index in [4.69, 9.17) is 20.1 Å². The summed E-state index contributed by atoms with van der Waals surface area (Å²) in [5, 5.41) is 15.5. The molecule has 1 saturated heterocycles. The molecule has 3 heterocycles. The number of aromatic nitrogens is 3. The predicted molar refractivity (Wildman–Crippen MR) is 195 cm³/mol. The molecule has 0 saturated carbocycles. The van der Waals surface area contributed by atoms with Crippen LogP contribution in [0.1, 0.15) is 90.6 Å². The van der Waals surface area contributed by atoms with Gasteiger partial charge in [0, 0.05) is 71.7 Å². The molecule has 2 aromatic heterocycles. The van der Waals surface area contributed by atoms with Crippen LogP contribution in [-0.4, -0.2) is 51.3 Å². The number of nitrogens with zero attached hydrogens (tertiary/aromatic N) is 4. The fraction of sp³-hybridized carbons (Fsp3) is 0.486. The lowest BCUT2D eigenvalue weighted by Gasteiger charge is -2.17. The Bertz CT molecular complexity index is 1450. The van der Waals surface area contributed by atoms with Crippen LogP contribution in [0.3, 0.4) is 0 Å². The lowest BCUT2D eigenvalue weighted by molar-refractivity contribution is 0.0700. The number of aliphatic hydroxyl groups excluding tert-OH is 1. The zero-order valence-electron chi connectivity index (χ0n) is 29.3. The highest BCUT2D eigenvalue weighted by molar-refractivity contribution is 7.98. The van der Waals surface area contributed by atoms with Crippen LogP contribution in [0.25, 0.3) is 16.9 Å². The fourth-order valence-electron chi connectivity index (χ4n) is 5.13. The molecule has 2 unspecified atom stereocenters. The lowest BCUT2D eigenvalue weighted by Crippen LogP contribution is -2.11. The van der Waals surface area contributed by atoms with Crippen LogP contribution >= 0.6 is 11.8 Å². The van der Waals surface area contributed by atoms with Crippen molar-refractivity contribution in [3.63, 3.8) is 0 Å². The Hall–Kier alpha value is -3.40. The van der Waals surface area contributed by atoms with Crippen LogP contribution in [0.4, 0.5) is 0 Å². The smallest absolute Gasteiger partial charge is 0.171 e. The van der Waals surface area contributed by atoms with Crippen molar-refractivity contribution in [2.75, 3.05) is 12.9 Å². The topological polar surface area (TPSA) is 112 Å². The molecular formula is C37H55N5O3S. The van der Waals surface area contributed by atoms with Gasteiger partial charge in [0.1, 0.15) is 0 Å². The number of ether oxygens (including phenoxy) is 1. The van der Waals surface area contributed by atoms with Crippen LogP contribution < -0.4 is 5.73 Å². The second-order valence-corrected chi connectivity index (χ2v) is 12.3. The van der Waals surface area contributed by atoms with E-state index in [-0.39, 0.29) is 0 Å². The highest BCUT2D eigenvalue weighted by Crippen LogP contribution is 2.33. The maximum atomic E-state index is 7.00. The third-order valence-corrected chi connectivity index (χ3v) is 8.94. The van der Waals surface area contributed by atoms with E-state index < -0.39 is 0 Å². The summed E-state index contributed by atoms with van der Waals surface area (Å²) in [7, 11) is 2.96. The predicted octanol–water partition coefficient (Wildman–Crippen LogP) is 8.67. The highest BCUT2D eigenvalue weighted by Gasteiger charge is 2.22. The summed E-state index contributed by atoms with van der Waals surface area (Å²) in [5.41, 5.74) is 15.9. The minimum absolute atomic E-state index is 0.408. The Labute approximate surface area is 280 Å². The first-order chi connectivity index (χ1) is 22.2. The SMILES string of the molecule is CC=N/C(C)=C(C(\N)=C(/C)CC)/C(=C\CCC)c1ccnn1C.CO.Cc1noc(-c2ccccc2)c1CSCC1CCC(C)O1. The number of benzene rings is 1. The van der Waals surface area contributed by atoms with Gasteiger partial charge in [-0.3, -0.25) is 9.67 Å². The van der Waals surface area contributed by atoms with Gasteiger partial charge in [0.25, 0.3) is 0 Å². The Kier molecular flexibility index (Phi) is 17.4. The number of hydrogen-bond acceptors (Lipinski definition) is 8. The number of thioether (sulfide) groups is 1. The molecule has 0 amide bonds. The molecule has 3 N–H and O–H groups in total. The molecule has 1 aliphatic heterocycles. The van der Waals surface area contributed by atoms with Gasteiger partial charge in [-0.15, -0.1) is 0 Å². The van der Waals surface area contributed by atoms with E-state index in [0.717, 1.165) is 83.1 Å². The Morgan fingerprint density at radius 3 is 2.43 bits per heavy atom. The molecular weight excluding hydrogens is 595 g/mol. The molecule has 46 heavy (non-hydrogen) atoms. The van der Waals surface area contributed by atoms with Gasteiger partial charge in [-0.05, 0) is 71.9 Å². The van der Waals surface area contributed by atoms with Crippen molar-refractivity contribution in [3.8, 4) is 11.3 Å². The van der Waals surface area contributed by atoms with Crippen LogP contribution in [0.2, 0.25) is 0 Å². The number of aliphatic hydroxyl groups is 1. The van der Waals surface area contributed by atoms with Crippen molar-refractivity contribution in [2.45, 2.75) is 98.5 Å². The minimum atomic E-state index is 0.408. The molecule has 9 heteroatoms. The second-order valence-electron chi connectivity index (χ2n) is 11.2. The third-order valence-electron chi connectivity index (χ3n) is 7.84. The van der Waals surface area contributed by atoms with Gasteiger partial charge in [0.2, 0.25) is 0 Å². The number of hydrogen-bond donors (Lipinski definition) is 2. The molecule has 0 spiro atoms. The van der Waals surface area contributed by atoms with Crippen molar-refractivity contribution in [2.24, 2.45) is 17.8 Å². The summed E-state index contributed by atoms with van der Waals surface area (Å²) in [6.07, 6.45) is 12.1. The van der Waals surface area contributed by atoms with Crippen molar-refractivity contribution in [1.29, 1.82) is 0 Å². The normalized spacial score (nSPS) is 17.6. The van der Waals surface area contributed by atoms with Crippen molar-refractivity contribution < 1.29 is 14.4 Å². The molecule has 1 aromatic carbocycles. The number of unbranched alkanes of at least 4 members (excludes halogenated alkanes) is 1. The third kappa shape index (κ3) is 11.1. The van der Waals surface area contributed by atoms with E-state index >= 15 is 0 Å². The van der Waals surface area contributed by atoms with E-state index in [1.54, 1.807) is 0 Å². The number of rotatable bonds is 12. The summed E-state index contributed by atoms with van der Waals surface area (Å²) in [5.74, 6) is 2.87. The number of aryl methyl sites for hydroxylation is 2.